The average Bonchev–Trinajstić information content (AvgIpc) is 2.87. The van der Waals surface area contributed by atoms with Crippen molar-refractivity contribution in [3.05, 3.63) is 12.2 Å². The predicted molar refractivity (Wildman–Crippen MR) is 105 cm³/mol. The number of aliphatic hydroxyl groups excluding tert-OH is 1. The van der Waals surface area contributed by atoms with Gasteiger partial charge in [0.15, 0.2) is 5.78 Å². The predicted octanol–water partition coefficient (Wildman–Crippen LogP) is 2.82. The molecule has 4 aliphatic carbocycles. The van der Waals surface area contributed by atoms with E-state index in [9.17, 15) is 19.5 Å². The summed E-state index contributed by atoms with van der Waals surface area (Å²) in [6, 6.07) is 0. The first-order chi connectivity index (χ1) is 13.5. The van der Waals surface area contributed by atoms with Gasteiger partial charge < -0.3 is 14.6 Å². The SMILES string of the molecule is C=C1C(=O)[C@]23C[C@@H]1CC[C@H]2[C@]1(C)[C@@H](OC(C)=O)CC[C@@](C)(C(=O)OC)[C@H]1C[C@@H]3O. The second kappa shape index (κ2) is 6.40. The summed E-state index contributed by atoms with van der Waals surface area (Å²) in [5.74, 6) is -0.966. The van der Waals surface area contributed by atoms with Gasteiger partial charge in [0.25, 0.3) is 0 Å². The van der Waals surface area contributed by atoms with Crippen molar-refractivity contribution in [1.29, 1.82) is 0 Å². The van der Waals surface area contributed by atoms with E-state index in [0.717, 1.165) is 12.8 Å². The fourth-order valence-corrected chi connectivity index (χ4v) is 7.80. The Morgan fingerprint density at radius 2 is 1.86 bits per heavy atom. The van der Waals surface area contributed by atoms with Crippen molar-refractivity contribution >= 4 is 17.7 Å². The lowest BCUT2D eigenvalue weighted by Crippen LogP contribution is -2.68. The second-order valence-corrected chi connectivity index (χ2v) is 10.1. The summed E-state index contributed by atoms with van der Waals surface area (Å²) < 4.78 is 11.0. The van der Waals surface area contributed by atoms with E-state index in [2.05, 4.69) is 13.5 Å². The van der Waals surface area contributed by atoms with Gasteiger partial charge in [0.2, 0.25) is 0 Å². The summed E-state index contributed by atoms with van der Waals surface area (Å²) in [5.41, 5.74) is -1.64. The molecule has 1 N–H and O–H groups in total. The highest BCUT2D eigenvalue weighted by Crippen LogP contribution is 2.71. The number of Topliss-reactive ketones (excluding diaryl/α,β-unsaturated/α-hetero) is 1. The minimum Gasteiger partial charge on any atom is -0.469 e. The molecule has 29 heavy (non-hydrogen) atoms. The van der Waals surface area contributed by atoms with Gasteiger partial charge >= 0.3 is 11.9 Å². The van der Waals surface area contributed by atoms with Crippen molar-refractivity contribution in [3.63, 3.8) is 0 Å². The highest BCUT2D eigenvalue weighted by molar-refractivity contribution is 6.03. The van der Waals surface area contributed by atoms with Gasteiger partial charge in [0, 0.05) is 12.3 Å². The average molecular weight is 405 g/mol. The van der Waals surface area contributed by atoms with E-state index in [0.29, 0.717) is 31.3 Å². The lowest BCUT2D eigenvalue weighted by atomic mass is 9.39. The molecule has 0 amide bonds. The molecule has 1 spiro atoms. The van der Waals surface area contributed by atoms with Crippen LogP contribution in [-0.4, -0.2) is 42.1 Å². The third-order valence-electron chi connectivity index (χ3n) is 9.12. The zero-order valence-electron chi connectivity index (χ0n) is 17.8. The molecule has 4 rings (SSSR count). The van der Waals surface area contributed by atoms with Crippen LogP contribution in [0.2, 0.25) is 0 Å². The number of ether oxygens (including phenoxy) is 2. The lowest BCUT2D eigenvalue weighted by Gasteiger charge is -2.65. The molecule has 4 saturated carbocycles. The molecular formula is C23H32O6. The van der Waals surface area contributed by atoms with Gasteiger partial charge in [-0.2, -0.15) is 0 Å². The molecule has 0 radical (unpaired) electrons. The molecule has 2 bridgehead atoms. The molecule has 8 atom stereocenters. The Morgan fingerprint density at radius 3 is 2.48 bits per heavy atom. The van der Waals surface area contributed by atoms with Crippen LogP contribution in [0.5, 0.6) is 0 Å². The molecule has 0 aromatic carbocycles. The molecule has 6 nitrogen and oxygen atoms in total. The number of ketones is 1. The zero-order chi connectivity index (χ0) is 21.4. The number of aliphatic hydroxyl groups is 1. The fourth-order valence-electron chi connectivity index (χ4n) is 7.80. The Hall–Kier alpha value is -1.69. The van der Waals surface area contributed by atoms with Crippen molar-refractivity contribution < 1.29 is 29.0 Å². The zero-order valence-corrected chi connectivity index (χ0v) is 17.8. The second-order valence-electron chi connectivity index (χ2n) is 10.1. The molecule has 4 aliphatic rings. The summed E-state index contributed by atoms with van der Waals surface area (Å²) in [4.78, 5) is 38.2. The number of carbonyl (C=O) groups is 3. The van der Waals surface area contributed by atoms with Crippen LogP contribution in [0, 0.1) is 34.0 Å². The topological polar surface area (TPSA) is 89.9 Å². The minimum atomic E-state index is -0.877. The van der Waals surface area contributed by atoms with Crippen LogP contribution < -0.4 is 0 Å². The number of methoxy groups -OCH3 is 1. The Balaban J connectivity index is 1.88. The number of carbonyl (C=O) groups excluding carboxylic acids is 3. The van der Waals surface area contributed by atoms with E-state index >= 15 is 0 Å². The largest absolute Gasteiger partial charge is 0.469 e. The van der Waals surface area contributed by atoms with Gasteiger partial charge in [-0.15, -0.1) is 0 Å². The summed E-state index contributed by atoms with van der Waals surface area (Å²) >= 11 is 0. The monoisotopic (exact) mass is 404 g/mol. The summed E-state index contributed by atoms with van der Waals surface area (Å²) in [6.07, 6.45) is 2.37. The first-order valence-electron chi connectivity index (χ1n) is 10.7. The number of hydrogen-bond donors (Lipinski definition) is 1. The van der Waals surface area contributed by atoms with Gasteiger partial charge in [0.05, 0.1) is 24.0 Å². The van der Waals surface area contributed by atoms with E-state index < -0.39 is 28.5 Å². The number of esters is 2. The van der Waals surface area contributed by atoms with Crippen LogP contribution >= 0.6 is 0 Å². The molecule has 160 valence electrons. The van der Waals surface area contributed by atoms with Gasteiger partial charge in [-0.25, -0.2) is 0 Å². The van der Waals surface area contributed by atoms with Crippen LogP contribution in [0.4, 0.5) is 0 Å². The molecule has 0 saturated heterocycles. The highest BCUT2D eigenvalue weighted by Gasteiger charge is 2.73. The van der Waals surface area contributed by atoms with E-state index in [4.69, 9.17) is 9.47 Å². The third-order valence-corrected chi connectivity index (χ3v) is 9.12. The summed E-state index contributed by atoms with van der Waals surface area (Å²) in [5, 5.41) is 11.4. The number of hydrogen-bond acceptors (Lipinski definition) is 6. The van der Waals surface area contributed by atoms with Gasteiger partial charge in [-0.05, 0) is 68.8 Å². The van der Waals surface area contributed by atoms with E-state index in [1.807, 2.05) is 6.92 Å². The molecule has 4 fully saturated rings. The maximum atomic E-state index is 13.4. The molecule has 6 heteroatoms. The molecule has 0 unspecified atom stereocenters. The maximum absolute atomic E-state index is 13.4. The van der Waals surface area contributed by atoms with Crippen molar-refractivity contribution in [2.24, 2.45) is 34.0 Å². The minimum absolute atomic E-state index is 0.0240. The smallest absolute Gasteiger partial charge is 0.311 e. The Kier molecular flexibility index (Phi) is 4.54. The normalized spacial score (nSPS) is 48.5. The van der Waals surface area contributed by atoms with Crippen molar-refractivity contribution in [1.82, 2.24) is 0 Å². The van der Waals surface area contributed by atoms with Crippen LogP contribution in [0.15, 0.2) is 12.2 Å². The number of fused-ring (bicyclic) bond motifs is 3. The number of rotatable bonds is 2. The third kappa shape index (κ3) is 2.41. The molecule has 0 aromatic heterocycles. The summed E-state index contributed by atoms with van der Waals surface area (Å²) in [6.45, 7) is 9.41. The first kappa shape index (κ1) is 20.6. The molecular weight excluding hydrogens is 372 g/mol. The fraction of sp³-hybridized carbons (Fsp3) is 0.783. The number of allylic oxidation sites excluding steroid dienone is 1. The molecule has 0 heterocycles. The van der Waals surface area contributed by atoms with Gasteiger partial charge in [-0.3, -0.25) is 14.4 Å². The molecule has 0 aromatic rings. The van der Waals surface area contributed by atoms with Crippen LogP contribution in [0.3, 0.4) is 0 Å². The Bertz CT molecular complexity index is 788. The quantitative estimate of drug-likeness (QED) is 0.562. The van der Waals surface area contributed by atoms with E-state index in [1.165, 1.54) is 14.0 Å². The Labute approximate surface area is 172 Å². The van der Waals surface area contributed by atoms with Crippen LogP contribution in [0.25, 0.3) is 0 Å². The highest BCUT2D eigenvalue weighted by atomic mass is 16.5. The van der Waals surface area contributed by atoms with Crippen molar-refractivity contribution in [2.75, 3.05) is 7.11 Å². The van der Waals surface area contributed by atoms with Gasteiger partial charge in [-0.1, -0.05) is 13.5 Å². The van der Waals surface area contributed by atoms with Crippen LogP contribution in [0.1, 0.15) is 59.3 Å². The molecule has 0 aliphatic heterocycles. The van der Waals surface area contributed by atoms with E-state index in [-0.39, 0.29) is 35.5 Å². The van der Waals surface area contributed by atoms with Crippen molar-refractivity contribution in [2.45, 2.75) is 71.5 Å². The first-order valence-corrected chi connectivity index (χ1v) is 10.7. The summed E-state index contributed by atoms with van der Waals surface area (Å²) in [7, 11) is 1.39. The Morgan fingerprint density at radius 1 is 1.17 bits per heavy atom. The van der Waals surface area contributed by atoms with Gasteiger partial charge in [0.1, 0.15) is 6.10 Å². The maximum Gasteiger partial charge on any atom is 0.311 e. The standard InChI is InChI=1S/C23H32O6/c1-12-14-6-7-15-22(4)16(10-17(25)23(15,11-14)19(12)26)21(3,20(27)28-5)9-8-18(22)29-13(2)24/h14-18,25H,1,6-11H2,2-5H3/t14-,15-,16+,17-,18-,21+,22-,23+/m0/s1. The van der Waals surface area contributed by atoms with Crippen LogP contribution in [-0.2, 0) is 23.9 Å². The lowest BCUT2D eigenvalue weighted by molar-refractivity contribution is -0.241. The van der Waals surface area contributed by atoms with Crippen molar-refractivity contribution in [3.8, 4) is 0 Å². The van der Waals surface area contributed by atoms with E-state index in [1.54, 1.807) is 0 Å².